The number of aliphatic hydroxyl groups is 1. The molecule has 1 aromatic carbocycles. The van der Waals surface area contributed by atoms with Crippen molar-refractivity contribution >= 4 is 35.0 Å². The lowest BCUT2D eigenvalue weighted by atomic mass is 10.1. The van der Waals surface area contributed by atoms with E-state index in [2.05, 4.69) is 10.6 Å². The summed E-state index contributed by atoms with van der Waals surface area (Å²) in [5.74, 6) is -0.285. The number of hydrogen-bond donors (Lipinski definition) is 3. The summed E-state index contributed by atoms with van der Waals surface area (Å²) in [5, 5.41) is 16.3. The molecule has 0 saturated carbocycles. The molecule has 5 nitrogen and oxygen atoms in total. The van der Waals surface area contributed by atoms with Gasteiger partial charge >= 0.3 is 0 Å². The molecule has 0 radical (unpaired) electrons. The largest absolute Gasteiger partial charge is 0.387 e. The van der Waals surface area contributed by atoms with E-state index in [1.807, 2.05) is 13.8 Å². The van der Waals surface area contributed by atoms with Crippen LogP contribution in [0.4, 0.5) is 0 Å². The Labute approximate surface area is 146 Å². The Morgan fingerprint density at radius 3 is 2.43 bits per heavy atom. The van der Waals surface area contributed by atoms with Crippen molar-refractivity contribution in [3.63, 3.8) is 0 Å². The molecule has 1 unspecified atom stereocenters. The van der Waals surface area contributed by atoms with Gasteiger partial charge in [-0.2, -0.15) is 0 Å². The second-order valence-corrected chi connectivity index (χ2v) is 6.41. The highest BCUT2D eigenvalue weighted by Gasteiger charge is 2.13. The highest BCUT2D eigenvalue weighted by Crippen LogP contribution is 2.25. The molecule has 1 rings (SSSR count). The van der Waals surface area contributed by atoms with Crippen molar-refractivity contribution in [2.45, 2.75) is 45.3 Å². The zero-order chi connectivity index (χ0) is 17.4. The zero-order valence-electron chi connectivity index (χ0n) is 13.2. The molecule has 2 amide bonds. The van der Waals surface area contributed by atoms with Crippen LogP contribution >= 0.6 is 23.2 Å². The summed E-state index contributed by atoms with van der Waals surface area (Å²) in [6, 6.07) is 4.88. The van der Waals surface area contributed by atoms with Gasteiger partial charge in [-0.05, 0) is 32.4 Å². The summed E-state index contributed by atoms with van der Waals surface area (Å²) in [6.07, 6.45) is 0.0827. The van der Waals surface area contributed by atoms with Crippen LogP contribution in [-0.2, 0) is 9.59 Å². The first-order chi connectivity index (χ1) is 10.8. The molecular weight excluding hydrogens is 339 g/mol. The number of nitrogens with one attached hydrogen (secondary N) is 2. The molecule has 1 atom stereocenters. The maximum absolute atomic E-state index is 11.7. The quantitative estimate of drug-likeness (QED) is 0.666. The number of rotatable bonds is 8. The van der Waals surface area contributed by atoms with Crippen LogP contribution in [0, 0.1) is 0 Å². The summed E-state index contributed by atoms with van der Waals surface area (Å²) in [7, 11) is 0. The molecule has 0 spiro atoms. The van der Waals surface area contributed by atoms with Crippen LogP contribution in [0.5, 0.6) is 0 Å². The Bertz CT molecular complexity index is 550. The summed E-state index contributed by atoms with van der Waals surface area (Å²) < 4.78 is 0. The summed E-state index contributed by atoms with van der Waals surface area (Å²) in [6.45, 7) is 3.82. The van der Waals surface area contributed by atoms with E-state index in [1.165, 1.54) is 6.07 Å². The third-order valence-corrected chi connectivity index (χ3v) is 3.63. The third kappa shape index (κ3) is 7.68. The van der Waals surface area contributed by atoms with Crippen molar-refractivity contribution in [3.8, 4) is 0 Å². The van der Waals surface area contributed by atoms with Crippen molar-refractivity contribution in [1.82, 2.24) is 10.6 Å². The van der Waals surface area contributed by atoms with Gasteiger partial charge in [-0.25, -0.2) is 0 Å². The zero-order valence-corrected chi connectivity index (χ0v) is 14.7. The first kappa shape index (κ1) is 19.7. The van der Waals surface area contributed by atoms with Gasteiger partial charge in [0.1, 0.15) is 0 Å². The number of aliphatic hydroxyl groups excluding tert-OH is 1. The van der Waals surface area contributed by atoms with Gasteiger partial charge in [0, 0.05) is 41.0 Å². The van der Waals surface area contributed by atoms with Gasteiger partial charge in [-0.1, -0.05) is 29.3 Å². The highest BCUT2D eigenvalue weighted by molar-refractivity contribution is 6.35. The minimum absolute atomic E-state index is 0.0539. The van der Waals surface area contributed by atoms with Gasteiger partial charge in [0.25, 0.3) is 0 Å². The van der Waals surface area contributed by atoms with Crippen molar-refractivity contribution in [3.05, 3.63) is 33.8 Å². The lowest BCUT2D eigenvalue weighted by Gasteiger charge is -2.14. The van der Waals surface area contributed by atoms with E-state index in [1.54, 1.807) is 12.1 Å². The fourth-order valence-corrected chi connectivity index (χ4v) is 2.52. The fourth-order valence-electron chi connectivity index (χ4n) is 1.98. The molecule has 0 aliphatic carbocycles. The standard InChI is InChI=1S/C16H22Cl2N2O3/c1-10(2)20-16(23)5-3-4-15(22)19-9-14(21)12-7-6-11(17)8-13(12)18/h6-8,10,14,21H,3-5,9H2,1-2H3,(H,19,22)(H,20,23). The number of carbonyl (C=O) groups is 2. The smallest absolute Gasteiger partial charge is 0.220 e. The van der Waals surface area contributed by atoms with Crippen LogP contribution in [-0.4, -0.2) is 29.5 Å². The van der Waals surface area contributed by atoms with Gasteiger partial charge in [0.05, 0.1) is 6.10 Å². The molecule has 0 saturated heterocycles. The van der Waals surface area contributed by atoms with E-state index >= 15 is 0 Å². The molecule has 0 aliphatic heterocycles. The van der Waals surface area contributed by atoms with Crippen LogP contribution in [0.2, 0.25) is 10.0 Å². The molecule has 23 heavy (non-hydrogen) atoms. The van der Waals surface area contributed by atoms with E-state index in [0.717, 1.165) is 0 Å². The van der Waals surface area contributed by atoms with E-state index in [4.69, 9.17) is 23.2 Å². The van der Waals surface area contributed by atoms with Gasteiger partial charge in [0.15, 0.2) is 0 Å². The Kier molecular flexibility index (Phi) is 8.37. The topological polar surface area (TPSA) is 78.4 Å². The molecule has 0 aliphatic rings. The molecule has 0 heterocycles. The average molecular weight is 361 g/mol. The number of hydrogen-bond acceptors (Lipinski definition) is 3. The van der Waals surface area contributed by atoms with Crippen LogP contribution in [0.3, 0.4) is 0 Å². The van der Waals surface area contributed by atoms with Crippen LogP contribution in [0.1, 0.15) is 44.8 Å². The van der Waals surface area contributed by atoms with Gasteiger partial charge in [-0.15, -0.1) is 0 Å². The van der Waals surface area contributed by atoms with Crippen LogP contribution in [0.25, 0.3) is 0 Å². The maximum Gasteiger partial charge on any atom is 0.220 e. The monoisotopic (exact) mass is 360 g/mol. The minimum atomic E-state index is -0.909. The Hall–Kier alpha value is -1.30. The first-order valence-corrected chi connectivity index (χ1v) is 8.24. The van der Waals surface area contributed by atoms with E-state index in [0.29, 0.717) is 28.5 Å². The van der Waals surface area contributed by atoms with E-state index in [-0.39, 0.29) is 30.8 Å². The predicted molar refractivity (Wildman–Crippen MR) is 91.6 cm³/mol. The van der Waals surface area contributed by atoms with E-state index in [9.17, 15) is 14.7 Å². The van der Waals surface area contributed by atoms with Crippen molar-refractivity contribution in [2.24, 2.45) is 0 Å². The lowest BCUT2D eigenvalue weighted by molar-refractivity contribution is -0.122. The van der Waals surface area contributed by atoms with Gasteiger partial charge < -0.3 is 15.7 Å². The lowest BCUT2D eigenvalue weighted by Crippen LogP contribution is -2.31. The Balaban J connectivity index is 2.31. The normalized spacial score (nSPS) is 12.1. The molecule has 128 valence electrons. The molecular formula is C16H22Cl2N2O3. The molecule has 0 aromatic heterocycles. The molecule has 1 aromatic rings. The second-order valence-electron chi connectivity index (χ2n) is 5.56. The summed E-state index contributed by atoms with van der Waals surface area (Å²) in [5.41, 5.74) is 0.507. The van der Waals surface area contributed by atoms with Crippen molar-refractivity contribution < 1.29 is 14.7 Å². The van der Waals surface area contributed by atoms with Gasteiger partial charge in [-0.3, -0.25) is 9.59 Å². The molecule has 0 fully saturated rings. The number of benzene rings is 1. The maximum atomic E-state index is 11.7. The Morgan fingerprint density at radius 2 is 1.83 bits per heavy atom. The molecule has 0 bridgehead atoms. The summed E-state index contributed by atoms with van der Waals surface area (Å²) in [4.78, 5) is 23.2. The Morgan fingerprint density at radius 1 is 1.17 bits per heavy atom. The number of amides is 2. The summed E-state index contributed by atoms with van der Waals surface area (Å²) >= 11 is 11.8. The first-order valence-electron chi connectivity index (χ1n) is 7.48. The fraction of sp³-hybridized carbons (Fsp3) is 0.500. The molecule has 7 heteroatoms. The van der Waals surface area contributed by atoms with Crippen LogP contribution in [0.15, 0.2) is 18.2 Å². The minimum Gasteiger partial charge on any atom is -0.387 e. The van der Waals surface area contributed by atoms with Gasteiger partial charge in [0.2, 0.25) is 11.8 Å². The third-order valence-electron chi connectivity index (χ3n) is 3.07. The molecule has 3 N–H and O–H groups in total. The van der Waals surface area contributed by atoms with Crippen LogP contribution < -0.4 is 10.6 Å². The van der Waals surface area contributed by atoms with Crippen molar-refractivity contribution in [1.29, 1.82) is 0 Å². The second kappa shape index (κ2) is 9.75. The highest BCUT2D eigenvalue weighted by atomic mass is 35.5. The SMILES string of the molecule is CC(C)NC(=O)CCCC(=O)NCC(O)c1ccc(Cl)cc1Cl. The average Bonchev–Trinajstić information content (AvgIpc) is 2.44. The number of halogens is 2. The number of carbonyl (C=O) groups excluding carboxylic acids is 2. The predicted octanol–water partition coefficient (Wildman–Crippen LogP) is 2.84. The van der Waals surface area contributed by atoms with E-state index < -0.39 is 6.10 Å². The van der Waals surface area contributed by atoms with Crippen molar-refractivity contribution in [2.75, 3.05) is 6.54 Å².